The molecule has 1 aromatic carbocycles. The number of piperazine rings is 1. The number of nitro benzene ring substituents is 1. The fraction of sp³-hybridized carbons (Fsp3) is 0.571. The fourth-order valence-electron chi connectivity index (χ4n) is 2.50. The Labute approximate surface area is 114 Å². The Balaban J connectivity index is 1.98. The summed E-state index contributed by atoms with van der Waals surface area (Å²) in [5.41, 5.74) is 1.04. The lowest BCUT2D eigenvalue weighted by Crippen LogP contribution is -2.48. The van der Waals surface area contributed by atoms with Gasteiger partial charge in [-0.2, -0.15) is 0 Å². The first-order valence-electron chi connectivity index (χ1n) is 6.76. The van der Waals surface area contributed by atoms with Gasteiger partial charge in [-0.1, -0.05) is 18.2 Å². The van der Waals surface area contributed by atoms with Crippen molar-refractivity contribution in [2.75, 3.05) is 26.2 Å². The molecule has 0 saturated carbocycles. The predicted molar refractivity (Wildman–Crippen MR) is 75.1 cm³/mol. The van der Waals surface area contributed by atoms with Crippen molar-refractivity contribution in [2.24, 2.45) is 0 Å². The zero-order valence-electron chi connectivity index (χ0n) is 11.6. The molecule has 0 amide bonds. The van der Waals surface area contributed by atoms with Gasteiger partial charge in [-0.25, -0.2) is 0 Å². The van der Waals surface area contributed by atoms with E-state index in [0.717, 1.165) is 31.7 Å². The minimum atomic E-state index is -0.292. The molecule has 1 heterocycles. The lowest BCUT2D eigenvalue weighted by molar-refractivity contribution is -0.385. The van der Waals surface area contributed by atoms with E-state index < -0.39 is 0 Å². The van der Waals surface area contributed by atoms with Gasteiger partial charge in [0.25, 0.3) is 5.69 Å². The number of benzene rings is 1. The van der Waals surface area contributed by atoms with E-state index in [1.54, 1.807) is 12.1 Å². The van der Waals surface area contributed by atoms with Crippen molar-refractivity contribution in [1.82, 2.24) is 9.80 Å². The second-order valence-electron chi connectivity index (χ2n) is 5.29. The van der Waals surface area contributed by atoms with Crippen LogP contribution >= 0.6 is 0 Å². The van der Waals surface area contributed by atoms with Gasteiger partial charge in [-0.3, -0.25) is 19.9 Å². The number of para-hydroxylation sites is 1. The molecule has 0 spiro atoms. The van der Waals surface area contributed by atoms with Crippen molar-refractivity contribution >= 4 is 5.69 Å². The first-order chi connectivity index (χ1) is 9.08. The van der Waals surface area contributed by atoms with Gasteiger partial charge in [0, 0.05) is 50.4 Å². The van der Waals surface area contributed by atoms with Gasteiger partial charge in [0.05, 0.1) is 4.92 Å². The molecule has 2 rings (SSSR count). The summed E-state index contributed by atoms with van der Waals surface area (Å²) < 4.78 is 0. The van der Waals surface area contributed by atoms with Crippen molar-refractivity contribution in [3.8, 4) is 0 Å². The maximum Gasteiger partial charge on any atom is 0.273 e. The van der Waals surface area contributed by atoms with Gasteiger partial charge in [-0.15, -0.1) is 0 Å². The lowest BCUT2D eigenvalue weighted by Gasteiger charge is -2.36. The van der Waals surface area contributed by atoms with Gasteiger partial charge >= 0.3 is 0 Å². The summed E-state index contributed by atoms with van der Waals surface area (Å²) in [4.78, 5) is 15.4. The van der Waals surface area contributed by atoms with Gasteiger partial charge < -0.3 is 0 Å². The number of rotatable bonds is 4. The van der Waals surface area contributed by atoms with Crippen molar-refractivity contribution < 1.29 is 4.92 Å². The fourth-order valence-corrected chi connectivity index (χ4v) is 2.50. The molecular weight excluding hydrogens is 242 g/mol. The lowest BCUT2D eigenvalue weighted by atomic mass is 10.1. The van der Waals surface area contributed by atoms with Crippen LogP contribution in [0.2, 0.25) is 0 Å². The van der Waals surface area contributed by atoms with E-state index in [4.69, 9.17) is 0 Å². The molecule has 1 aliphatic rings. The molecule has 104 valence electrons. The average Bonchev–Trinajstić information content (AvgIpc) is 2.39. The van der Waals surface area contributed by atoms with Gasteiger partial charge in [0.1, 0.15) is 0 Å². The van der Waals surface area contributed by atoms with Crippen LogP contribution in [0, 0.1) is 10.1 Å². The Morgan fingerprint density at radius 3 is 2.42 bits per heavy atom. The molecule has 5 nitrogen and oxygen atoms in total. The van der Waals surface area contributed by atoms with Crippen LogP contribution in [0.3, 0.4) is 0 Å². The smallest absolute Gasteiger partial charge is 0.273 e. The van der Waals surface area contributed by atoms with Crippen LogP contribution in [0.25, 0.3) is 0 Å². The normalized spacial score (nSPS) is 17.8. The molecular formula is C14H21N3O2. The van der Waals surface area contributed by atoms with E-state index in [9.17, 15) is 10.1 Å². The van der Waals surface area contributed by atoms with E-state index in [0.29, 0.717) is 12.6 Å². The predicted octanol–water partition coefficient (Wildman–Crippen LogP) is 2.12. The van der Waals surface area contributed by atoms with Crippen LogP contribution < -0.4 is 0 Å². The van der Waals surface area contributed by atoms with Crippen LogP contribution in [0.4, 0.5) is 5.69 Å². The first-order valence-corrected chi connectivity index (χ1v) is 6.76. The Kier molecular flexibility index (Phi) is 4.50. The zero-order valence-corrected chi connectivity index (χ0v) is 11.6. The third-order valence-electron chi connectivity index (χ3n) is 3.72. The summed E-state index contributed by atoms with van der Waals surface area (Å²) in [7, 11) is 0. The molecule has 1 saturated heterocycles. The second-order valence-corrected chi connectivity index (χ2v) is 5.29. The largest absolute Gasteiger partial charge is 0.298 e. The molecule has 19 heavy (non-hydrogen) atoms. The average molecular weight is 263 g/mol. The third-order valence-corrected chi connectivity index (χ3v) is 3.72. The molecule has 0 aromatic heterocycles. The molecule has 0 aliphatic carbocycles. The van der Waals surface area contributed by atoms with E-state index in [1.807, 2.05) is 12.1 Å². The Morgan fingerprint density at radius 1 is 1.21 bits per heavy atom. The van der Waals surface area contributed by atoms with Crippen molar-refractivity contribution in [2.45, 2.75) is 26.4 Å². The summed E-state index contributed by atoms with van der Waals surface area (Å²) in [6.07, 6.45) is 0. The van der Waals surface area contributed by atoms with Crippen LogP contribution in [0.1, 0.15) is 19.4 Å². The standard InChI is InChI=1S/C14H21N3O2/c1-12(2)16-9-7-15(8-10-16)11-13-5-3-4-6-14(13)17(18)19/h3-6,12H,7-11H2,1-2H3. The Bertz CT molecular complexity index is 440. The minimum absolute atomic E-state index is 0.230. The van der Waals surface area contributed by atoms with Crippen molar-refractivity contribution in [1.29, 1.82) is 0 Å². The van der Waals surface area contributed by atoms with E-state index >= 15 is 0 Å². The first kappa shape index (κ1) is 14.0. The van der Waals surface area contributed by atoms with Crippen LogP contribution in [0.15, 0.2) is 24.3 Å². The summed E-state index contributed by atoms with van der Waals surface area (Å²) in [5.74, 6) is 0. The van der Waals surface area contributed by atoms with Gasteiger partial charge in [0.15, 0.2) is 0 Å². The zero-order chi connectivity index (χ0) is 13.8. The monoisotopic (exact) mass is 263 g/mol. The van der Waals surface area contributed by atoms with Crippen LogP contribution in [0.5, 0.6) is 0 Å². The highest BCUT2D eigenvalue weighted by molar-refractivity contribution is 5.39. The van der Waals surface area contributed by atoms with Crippen LogP contribution in [-0.4, -0.2) is 46.9 Å². The molecule has 0 atom stereocenters. The number of nitrogens with zero attached hydrogens (tertiary/aromatic N) is 3. The van der Waals surface area contributed by atoms with E-state index in [2.05, 4.69) is 23.6 Å². The van der Waals surface area contributed by atoms with E-state index in [-0.39, 0.29) is 10.6 Å². The minimum Gasteiger partial charge on any atom is -0.298 e. The Hall–Kier alpha value is -1.46. The molecule has 0 N–H and O–H groups in total. The van der Waals surface area contributed by atoms with Crippen LogP contribution in [-0.2, 0) is 6.54 Å². The van der Waals surface area contributed by atoms with Crippen molar-refractivity contribution in [3.63, 3.8) is 0 Å². The van der Waals surface area contributed by atoms with E-state index in [1.165, 1.54) is 0 Å². The molecule has 1 fully saturated rings. The quantitative estimate of drug-likeness (QED) is 0.617. The maximum absolute atomic E-state index is 11.0. The van der Waals surface area contributed by atoms with Gasteiger partial charge in [-0.05, 0) is 13.8 Å². The molecule has 1 aliphatic heterocycles. The molecule has 5 heteroatoms. The Morgan fingerprint density at radius 2 is 1.84 bits per heavy atom. The topological polar surface area (TPSA) is 49.6 Å². The number of nitro groups is 1. The highest BCUT2D eigenvalue weighted by atomic mass is 16.6. The molecule has 0 bridgehead atoms. The SMILES string of the molecule is CC(C)N1CCN(Cc2ccccc2[N+](=O)[O-])CC1. The number of hydrogen-bond acceptors (Lipinski definition) is 4. The number of hydrogen-bond donors (Lipinski definition) is 0. The summed E-state index contributed by atoms with van der Waals surface area (Å²) in [6, 6.07) is 7.60. The maximum atomic E-state index is 11.0. The van der Waals surface area contributed by atoms with Crippen molar-refractivity contribution in [3.05, 3.63) is 39.9 Å². The second kappa shape index (κ2) is 6.12. The molecule has 0 radical (unpaired) electrons. The highest BCUT2D eigenvalue weighted by Crippen LogP contribution is 2.20. The summed E-state index contributed by atoms with van der Waals surface area (Å²) >= 11 is 0. The summed E-state index contributed by atoms with van der Waals surface area (Å²) in [5, 5.41) is 11.0. The highest BCUT2D eigenvalue weighted by Gasteiger charge is 2.21. The summed E-state index contributed by atoms with van der Waals surface area (Å²) in [6.45, 7) is 9.11. The van der Waals surface area contributed by atoms with Gasteiger partial charge in [0.2, 0.25) is 0 Å². The molecule has 1 aromatic rings. The molecule has 0 unspecified atom stereocenters. The third kappa shape index (κ3) is 3.52.